The Morgan fingerprint density at radius 2 is 1.74 bits per heavy atom. The molecule has 2 rings (SSSR count). The van der Waals surface area contributed by atoms with Gasteiger partial charge in [-0.3, -0.25) is 4.79 Å². The molecule has 0 heterocycles. The van der Waals surface area contributed by atoms with E-state index in [1.807, 2.05) is 0 Å². The topological polar surface area (TPSA) is 57.6 Å². The molecule has 0 spiro atoms. The van der Waals surface area contributed by atoms with Crippen LogP contribution in [0.3, 0.4) is 0 Å². The number of hydrogen-bond acceptors (Lipinski definition) is 2. The Labute approximate surface area is 134 Å². The fourth-order valence-electron chi connectivity index (χ4n) is 2.23. The van der Waals surface area contributed by atoms with Gasteiger partial charge in [0.15, 0.2) is 0 Å². The van der Waals surface area contributed by atoms with Gasteiger partial charge in [-0.2, -0.15) is 0 Å². The number of rotatable bonds is 6. The molecule has 1 N–H and O–H groups in total. The molecule has 0 fully saturated rings. The highest BCUT2D eigenvalue weighted by molar-refractivity contribution is 5.87. The van der Waals surface area contributed by atoms with Crippen LogP contribution in [0.15, 0.2) is 48.5 Å². The summed E-state index contributed by atoms with van der Waals surface area (Å²) < 4.78 is 13.6. The van der Waals surface area contributed by atoms with Crippen molar-refractivity contribution in [3.05, 3.63) is 71.0 Å². The summed E-state index contributed by atoms with van der Waals surface area (Å²) >= 11 is 0. The molecule has 2 aromatic carbocycles. The van der Waals surface area contributed by atoms with E-state index in [0.717, 1.165) is 5.56 Å². The van der Waals surface area contributed by atoms with Gasteiger partial charge in [-0.25, -0.2) is 9.18 Å². The minimum absolute atomic E-state index is 0.0874. The van der Waals surface area contributed by atoms with Crippen molar-refractivity contribution < 1.29 is 19.1 Å². The summed E-state index contributed by atoms with van der Waals surface area (Å²) in [6.45, 7) is 0.226. The SMILES string of the molecule is CN(Cc1ccccc1F)C(=O)CCc1ccc(C(=O)O)cc1. The molecule has 0 radical (unpaired) electrons. The van der Waals surface area contributed by atoms with Gasteiger partial charge in [0.25, 0.3) is 0 Å². The Kier molecular flexibility index (Phi) is 5.46. The highest BCUT2D eigenvalue weighted by Crippen LogP contribution is 2.11. The Bertz CT molecular complexity index is 698. The zero-order chi connectivity index (χ0) is 16.8. The van der Waals surface area contributed by atoms with Crippen molar-refractivity contribution in [3.8, 4) is 0 Å². The molecular weight excluding hydrogens is 297 g/mol. The number of hydrogen-bond donors (Lipinski definition) is 1. The van der Waals surface area contributed by atoms with E-state index >= 15 is 0 Å². The Balaban J connectivity index is 1.89. The molecule has 0 aliphatic rings. The minimum atomic E-state index is -0.975. The number of carboxylic acids is 1. The number of halogens is 1. The van der Waals surface area contributed by atoms with E-state index in [0.29, 0.717) is 12.0 Å². The fourth-order valence-corrected chi connectivity index (χ4v) is 2.23. The van der Waals surface area contributed by atoms with Crippen LogP contribution in [0.2, 0.25) is 0 Å². The summed E-state index contributed by atoms with van der Waals surface area (Å²) in [7, 11) is 1.64. The van der Waals surface area contributed by atoms with E-state index in [1.165, 1.54) is 23.1 Å². The third-order valence-electron chi connectivity index (χ3n) is 3.62. The third kappa shape index (κ3) is 4.64. The zero-order valence-corrected chi connectivity index (χ0v) is 12.8. The molecule has 0 aliphatic carbocycles. The lowest BCUT2D eigenvalue weighted by Gasteiger charge is -2.17. The van der Waals surface area contributed by atoms with Crippen molar-refractivity contribution in [2.24, 2.45) is 0 Å². The molecule has 0 saturated carbocycles. The van der Waals surface area contributed by atoms with Gasteiger partial charge >= 0.3 is 5.97 Å². The summed E-state index contributed by atoms with van der Waals surface area (Å²) in [6.07, 6.45) is 0.803. The van der Waals surface area contributed by atoms with Gasteiger partial charge < -0.3 is 10.0 Å². The predicted molar refractivity (Wildman–Crippen MR) is 84.6 cm³/mol. The van der Waals surface area contributed by atoms with Crippen molar-refractivity contribution >= 4 is 11.9 Å². The standard InChI is InChI=1S/C18H18FNO3/c1-20(12-15-4-2-3-5-16(15)19)17(21)11-8-13-6-9-14(10-7-13)18(22)23/h2-7,9-10H,8,11-12H2,1H3,(H,22,23). The summed E-state index contributed by atoms with van der Waals surface area (Å²) in [5.41, 5.74) is 1.59. The van der Waals surface area contributed by atoms with E-state index < -0.39 is 5.97 Å². The van der Waals surface area contributed by atoms with Crippen LogP contribution < -0.4 is 0 Å². The fraction of sp³-hybridized carbons (Fsp3) is 0.222. The molecule has 120 valence electrons. The van der Waals surface area contributed by atoms with E-state index in [4.69, 9.17) is 5.11 Å². The molecule has 5 heteroatoms. The molecule has 0 atom stereocenters. The van der Waals surface area contributed by atoms with Gasteiger partial charge in [-0.15, -0.1) is 0 Å². The second kappa shape index (κ2) is 7.54. The predicted octanol–water partition coefficient (Wildman–Crippen LogP) is 3.12. The maximum atomic E-state index is 13.6. The maximum absolute atomic E-state index is 13.6. The number of aryl methyl sites for hydroxylation is 1. The number of benzene rings is 2. The highest BCUT2D eigenvalue weighted by atomic mass is 19.1. The van der Waals surface area contributed by atoms with Gasteiger partial charge in [0.05, 0.1) is 5.56 Å². The Morgan fingerprint density at radius 3 is 2.35 bits per heavy atom. The summed E-state index contributed by atoms with van der Waals surface area (Å²) in [4.78, 5) is 24.4. The van der Waals surface area contributed by atoms with Crippen LogP contribution in [0, 0.1) is 5.82 Å². The lowest BCUT2D eigenvalue weighted by atomic mass is 10.1. The van der Waals surface area contributed by atoms with E-state index in [-0.39, 0.29) is 30.3 Å². The van der Waals surface area contributed by atoms with E-state index in [2.05, 4.69) is 0 Å². The van der Waals surface area contributed by atoms with Crippen LogP contribution in [0.1, 0.15) is 27.9 Å². The summed E-state index contributed by atoms with van der Waals surface area (Å²) in [5, 5.41) is 8.84. The number of amides is 1. The Hall–Kier alpha value is -2.69. The molecule has 23 heavy (non-hydrogen) atoms. The van der Waals surface area contributed by atoms with Gasteiger partial charge in [0, 0.05) is 25.6 Å². The number of carbonyl (C=O) groups is 2. The molecule has 2 aromatic rings. The molecular formula is C18H18FNO3. The van der Waals surface area contributed by atoms with Gasteiger partial charge in [-0.05, 0) is 30.2 Å². The average Bonchev–Trinajstić information content (AvgIpc) is 2.55. The maximum Gasteiger partial charge on any atom is 0.335 e. The smallest absolute Gasteiger partial charge is 0.335 e. The van der Waals surface area contributed by atoms with Crippen LogP contribution >= 0.6 is 0 Å². The van der Waals surface area contributed by atoms with Crippen LogP contribution in [0.4, 0.5) is 4.39 Å². The van der Waals surface area contributed by atoms with Gasteiger partial charge in [0.2, 0.25) is 5.91 Å². The quantitative estimate of drug-likeness (QED) is 0.891. The first-order chi connectivity index (χ1) is 11.0. The molecule has 0 bridgehead atoms. The normalized spacial score (nSPS) is 10.3. The largest absolute Gasteiger partial charge is 0.478 e. The molecule has 0 unspecified atom stereocenters. The lowest BCUT2D eigenvalue weighted by molar-refractivity contribution is -0.130. The number of aromatic carboxylic acids is 1. The summed E-state index contributed by atoms with van der Waals surface area (Å²) in [6, 6.07) is 12.8. The zero-order valence-electron chi connectivity index (χ0n) is 12.8. The van der Waals surface area contributed by atoms with Crippen molar-refractivity contribution in [1.29, 1.82) is 0 Å². The van der Waals surface area contributed by atoms with Crippen molar-refractivity contribution in [2.45, 2.75) is 19.4 Å². The first-order valence-corrected chi connectivity index (χ1v) is 7.27. The first kappa shape index (κ1) is 16.7. The highest BCUT2D eigenvalue weighted by Gasteiger charge is 2.12. The van der Waals surface area contributed by atoms with Crippen LogP contribution in [-0.4, -0.2) is 28.9 Å². The van der Waals surface area contributed by atoms with Gasteiger partial charge in [0.1, 0.15) is 5.82 Å². The van der Waals surface area contributed by atoms with Crippen LogP contribution in [-0.2, 0) is 17.8 Å². The number of nitrogens with zero attached hydrogens (tertiary/aromatic N) is 1. The van der Waals surface area contributed by atoms with E-state index in [1.54, 1.807) is 37.4 Å². The van der Waals surface area contributed by atoms with Crippen LogP contribution in [0.5, 0.6) is 0 Å². The second-order valence-electron chi connectivity index (χ2n) is 5.34. The van der Waals surface area contributed by atoms with Gasteiger partial charge in [-0.1, -0.05) is 30.3 Å². The first-order valence-electron chi connectivity index (χ1n) is 7.27. The molecule has 0 aromatic heterocycles. The summed E-state index contributed by atoms with van der Waals surface area (Å²) in [5.74, 6) is -1.38. The molecule has 1 amide bonds. The van der Waals surface area contributed by atoms with Crippen molar-refractivity contribution in [1.82, 2.24) is 4.90 Å². The molecule has 4 nitrogen and oxygen atoms in total. The second-order valence-corrected chi connectivity index (χ2v) is 5.34. The third-order valence-corrected chi connectivity index (χ3v) is 3.62. The minimum Gasteiger partial charge on any atom is -0.478 e. The lowest BCUT2D eigenvalue weighted by Crippen LogP contribution is -2.26. The Morgan fingerprint density at radius 1 is 1.09 bits per heavy atom. The molecule has 0 aliphatic heterocycles. The average molecular weight is 315 g/mol. The van der Waals surface area contributed by atoms with Crippen molar-refractivity contribution in [3.63, 3.8) is 0 Å². The van der Waals surface area contributed by atoms with Crippen molar-refractivity contribution in [2.75, 3.05) is 7.05 Å². The van der Waals surface area contributed by atoms with Crippen LogP contribution in [0.25, 0.3) is 0 Å². The van der Waals surface area contributed by atoms with E-state index in [9.17, 15) is 14.0 Å². The number of carboxylic acid groups (broad SMARTS) is 1. The molecule has 0 saturated heterocycles. The number of carbonyl (C=O) groups excluding carboxylic acids is 1. The monoisotopic (exact) mass is 315 g/mol.